The van der Waals surface area contributed by atoms with Gasteiger partial charge in [0.2, 0.25) is 0 Å². The molecule has 0 saturated heterocycles. The number of nitro benzene ring substituents is 1. The van der Waals surface area contributed by atoms with Crippen molar-refractivity contribution in [3.63, 3.8) is 0 Å². The van der Waals surface area contributed by atoms with Crippen molar-refractivity contribution < 1.29 is 4.92 Å². The normalized spacial score (nSPS) is 15.2. The SMILES string of the molecule is Cc1cc(N(C)c2ccc(C3CCCCC3)cc2Cl)ccc1[N+](=O)[O-]. The van der Waals surface area contributed by atoms with Crippen molar-refractivity contribution in [2.45, 2.75) is 44.9 Å². The monoisotopic (exact) mass is 358 g/mol. The van der Waals surface area contributed by atoms with E-state index in [0.29, 0.717) is 11.5 Å². The van der Waals surface area contributed by atoms with Gasteiger partial charge in [-0.25, -0.2) is 0 Å². The van der Waals surface area contributed by atoms with E-state index in [2.05, 4.69) is 18.2 Å². The molecule has 0 bridgehead atoms. The number of nitro groups is 1. The smallest absolute Gasteiger partial charge is 0.272 e. The molecule has 0 unspecified atom stereocenters. The first-order chi connectivity index (χ1) is 12.0. The Labute approximate surface area is 153 Å². The van der Waals surface area contributed by atoms with Crippen LogP contribution in [0.25, 0.3) is 0 Å². The molecule has 1 fully saturated rings. The lowest BCUT2D eigenvalue weighted by Gasteiger charge is -2.25. The van der Waals surface area contributed by atoms with Crippen molar-refractivity contribution in [2.75, 3.05) is 11.9 Å². The number of halogens is 1. The van der Waals surface area contributed by atoms with Crippen molar-refractivity contribution in [3.05, 3.63) is 62.7 Å². The number of anilines is 2. The molecule has 3 rings (SSSR count). The zero-order valence-electron chi connectivity index (χ0n) is 14.7. The highest BCUT2D eigenvalue weighted by atomic mass is 35.5. The highest BCUT2D eigenvalue weighted by Gasteiger charge is 2.18. The van der Waals surface area contributed by atoms with Crippen molar-refractivity contribution >= 4 is 28.7 Å². The van der Waals surface area contributed by atoms with Gasteiger partial charge in [0, 0.05) is 24.4 Å². The molecule has 0 amide bonds. The Morgan fingerprint density at radius 1 is 1.12 bits per heavy atom. The summed E-state index contributed by atoms with van der Waals surface area (Å²) in [6.45, 7) is 1.75. The molecule has 0 radical (unpaired) electrons. The minimum Gasteiger partial charge on any atom is -0.343 e. The fraction of sp³-hybridized carbons (Fsp3) is 0.400. The molecular weight excluding hydrogens is 336 g/mol. The summed E-state index contributed by atoms with van der Waals surface area (Å²) in [7, 11) is 1.93. The van der Waals surface area contributed by atoms with E-state index in [1.807, 2.05) is 18.0 Å². The number of nitrogens with zero attached hydrogens (tertiary/aromatic N) is 2. The minimum absolute atomic E-state index is 0.135. The third-order valence-electron chi connectivity index (χ3n) is 5.17. The van der Waals surface area contributed by atoms with Crippen LogP contribution >= 0.6 is 11.6 Å². The van der Waals surface area contributed by atoms with E-state index in [-0.39, 0.29) is 10.6 Å². The minimum atomic E-state index is -0.356. The molecule has 1 saturated carbocycles. The highest BCUT2D eigenvalue weighted by molar-refractivity contribution is 6.33. The molecular formula is C20H23ClN2O2. The van der Waals surface area contributed by atoms with Gasteiger partial charge in [-0.15, -0.1) is 0 Å². The molecule has 5 heteroatoms. The van der Waals surface area contributed by atoms with Gasteiger partial charge in [0.25, 0.3) is 5.69 Å². The molecule has 4 nitrogen and oxygen atoms in total. The molecule has 132 valence electrons. The predicted molar refractivity (Wildman–Crippen MR) is 103 cm³/mol. The van der Waals surface area contributed by atoms with Crippen LogP contribution in [0.1, 0.15) is 49.1 Å². The lowest BCUT2D eigenvalue weighted by molar-refractivity contribution is -0.385. The zero-order chi connectivity index (χ0) is 18.0. The molecule has 25 heavy (non-hydrogen) atoms. The zero-order valence-corrected chi connectivity index (χ0v) is 15.4. The molecule has 0 atom stereocenters. The van der Waals surface area contributed by atoms with Crippen LogP contribution in [0, 0.1) is 17.0 Å². The Balaban J connectivity index is 1.85. The van der Waals surface area contributed by atoms with Crippen molar-refractivity contribution in [1.82, 2.24) is 0 Å². The first-order valence-electron chi connectivity index (χ1n) is 8.75. The summed E-state index contributed by atoms with van der Waals surface area (Å²) in [4.78, 5) is 12.6. The lowest BCUT2D eigenvalue weighted by Crippen LogP contribution is -2.11. The summed E-state index contributed by atoms with van der Waals surface area (Å²) in [6.07, 6.45) is 6.42. The molecule has 0 aromatic heterocycles. The number of hydrogen-bond donors (Lipinski definition) is 0. The van der Waals surface area contributed by atoms with Crippen LogP contribution in [0.4, 0.5) is 17.1 Å². The van der Waals surface area contributed by atoms with Crippen LogP contribution in [0.15, 0.2) is 36.4 Å². The largest absolute Gasteiger partial charge is 0.343 e. The molecule has 2 aromatic carbocycles. The average molecular weight is 359 g/mol. The molecule has 1 aliphatic rings. The Morgan fingerprint density at radius 2 is 1.84 bits per heavy atom. The first kappa shape index (κ1) is 17.7. The van der Waals surface area contributed by atoms with E-state index in [4.69, 9.17) is 11.6 Å². The topological polar surface area (TPSA) is 46.4 Å². The number of hydrogen-bond acceptors (Lipinski definition) is 3. The highest BCUT2D eigenvalue weighted by Crippen LogP contribution is 2.38. The van der Waals surface area contributed by atoms with Crippen molar-refractivity contribution in [2.24, 2.45) is 0 Å². The van der Waals surface area contributed by atoms with Gasteiger partial charge in [-0.2, -0.15) is 0 Å². The number of aryl methyl sites for hydroxylation is 1. The van der Waals surface area contributed by atoms with Gasteiger partial charge in [0.15, 0.2) is 0 Å². The van der Waals surface area contributed by atoms with E-state index in [9.17, 15) is 10.1 Å². The van der Waals surface area contributed by atoms with Gasteiger partial charge in [-0.05, 0) is 55.5 Å². The van der Waals surface area contributed by atoms with Crippen LogP contribution in [0.5, 0.6) is 0 Å². The molecule has 1 aliphatic carbocycles. The lowest BCUT2D eigenvalue weighted by atomic mass is 9.84. The summed E-state index contributed by atoms with van der Waals surface area (Å²) < 4.78 is 0. The summed E-state index contributed by atoms with van der Waals surface area (Å²) in [5.74, 6) is 0.618. The maximum atomic E-state index is 11.0. The van der Waals surface area contributed by atoms with Crippen LogP contribution in [0.2, 0.25) is 5.02 Å². The van der Waals surface area contributed by atoms with Crippen LogP contribution in [-0.2, 0) is 0 Å². The van der Waals surface area contributed by atoms with Gasteiger partial charge in [-0.3, -0.25) is 10.1 Å². The van der Waals surface area contributed by atoms with E-state index in [0.717, 1.165) is 16.4 Å². The molecule has 0 heterocycles. The third-order valence-corrected chi connectivity index (χ3v) is 5.48. The van der Waals surface area contributed by atoms with E-state index in [1.54, 1.807) is 19.1 Å². The second kappa shape index (κ2) is 7.44. The van der Waals surface area contributed by atoms with E-state index < -0.39 is 0 Å². The second-order valence-electron chi connectivity index (χ2n) is 6.83. The van der Waals surface area contributed by atoms with Crippen molar-refractivity contribution in [3.8, 4) is 0 Å². The second-order valence-corrected chi connectivity index (χ2v) is 7.24. The molecule has 2 aromatic rings. The van der Waals surface area contributed by atoms with Gasteiger partial charge in [0.1, 0.15) is 0 Å². The molecule has 0 N–H and O–H groups in total. The predicted octanol–water partition coefficient (Wildman–Crippen LogP) is 6.37. The molecule has 0 spiro atoms. The van der Waals surface area contributed by atoms with Crippen LogP contribution in [0.3, 0.4) is 0 Å². The number of rotatable bonds is 4. The first-order valence-corrected chi connectivity index (χ1v) is 9.13. The van der Waals surface area contributed by atoms with Gasteiger partial charge >= 0.3 is 0 Å². The fourth-order valence-corrected chi connectivity index (χ4v) is 3.99. The quantitative estimate of drug-likeness (QED) is 0.471. The Hall–Kier alpha value is -2.07. The van der Waals surface area contributed by atoms with Gasteiger partial charge in [-0.1, -0.05) is 36.9 Å². The van der Waals surface area contributed by atoms with E-state index >= 15 is 0 Å². The Kier molecular flexibility index (Phi) is 5.28. The summed E-state index contributed by atoms with van der Waals surface area (Å²) >= 11 is 6.56. The maximum absolute atomic E-state index is 11.0. The standard InChI is InChI=1S/C20H23ClN2O2/c1-14-12-17(9-11-19(14)23(24)25)22(2)20-10-8-16(13-18(20)21)15-6-4-3-5-7-15/h8-13,15H,3-7H2,1-2H3. The Morgan fingerprint density at radius 3 is 2.44 bits per heavy atom. The summed E-state index contributed by atoms with van der Waals surface area (Å²) in [5.41, 5.74) is 3.90. The summed E-state index contributed by atoms with van der Waals surface area (Å²) in [6, 6.07) is 11.4. The fourth-order valence-electron chi connectivity index (χ4n) is 3.68. The van der Waals surface area contributed by atoms with Crippen LogP contribution < -0.4 is 4.90 Å². The molecule has 0 aliphatic heterocycles. The third kappa shape index (κ3) is 3.79. The average Bonchev–Trinajstić information content (AvgIpc) is 2.61. The summed E-state index contributed by atoms with van der Waals surface area (Å²) in [5, 5.41) is 11.7. The number of benzene rings is 2. The van der Waals surface area contributed by atoms with Crippen molar-refractivity contribution in [1.29, 1.82) is 0 Å². The maximum Gasteiger partial charge on any atom is 0.272 e. The Bertz CT molecular complexity index is 785. The van der Waals surface area contributed by atoms with Gasteiger partial charge < -0.3 is 4.90 Å². The van der Waals surface area contributed by atoms with Crippen LogP contribution in [-0.4, -0.2) is 12.0 Å². The van der Waals surface area contributed by atoms with Gasteiger partial charge in [0.05, 0.1) is 15.6 Å². The van der Waals surface area contributed by atoms with E-state index in [1.165, 1.54) is 37.7 Å².